The van der Waals surface area contributed by atoms with Gasteiger partial charge in [0.15, 0.2) is 11.5 Å². The van der Waals surface area contributed by atoms with Gasteiger partial charge in [0, 0.05) is 18.7 Å². The van der Waals surface area contributed by atoms with Gasteiger partial charge >= 0.3 is 0 Å². The molecule has 1 unspecified atom stereocenters. The number of hydrogen-bond donors (Lipinski definition) is 2. The number of anilines is 1. The highest BCUT2D eigenvalue weighted by Crippen LogP contribution is 2.22. The lowest BCUT2D eigenvalue weighted by Crippen LogP contribution is -2.15. The van der Waals surface area contributed by atoms with Gasteiger partial charge in [-0.25, -0.2) is 9.37 Å². The molecule has 0 aliphatic rings. The topological polar surface area (TPSA) is 75.4 Å². The van der Waals surface area contributed by atoms with Gasteiger partial charge in [0.05, 0.1) is 12.5 Å². The predicted molar refractivity (Wildman–Crippen MR) is 83.4 cm³/mol. The van der Waals surface area contributed by atoms with Crippen molar-refractivity contribution in [3.05, 3.63) is 59.7 Å². The largest absolute Gasteiger partial charge is 0.441 e. The molecule has 1 atom stereocenters. The number of nitrogens with one attached hydrogen (secondary N) is 1. The van der Waals surface area contributed by atoms with Gasteiger partial charge in [-0.3, -0.25) is 4.79 Å². The van der Waals surface area contributed by atoms with E-state index in [1.165, 1.54) is 18.2 Å². The Hall–Kier alpha value is -2.73. The third-order valence-electron chi connectivity index (χ3n) is 3.39. The summed E-state index contributed by atoms with van der Waals surface area (Å²) < 4.78 is 18.5. The molecule has 0 fully saturated rings. The number of aryl methyl sites for hydroxylation is 1. The zero-order chi connectivity index (χ0) is 16.4. The molecular weight excluding hydrogens is 299 g/mol. The number of carbonyl (C=O) groups is 1. The Balaban J connectivity index is 1.68. The molecule has 1 aromatic heterocycles. The summed E-state index contributed by atoms with van der Waals surface area (Å²) in [6, 6.07) is 10.7. The summed E-state index contributed by atoms with van der Waals surface area (Å²) >= 11 is 0. The van der Waals surface area contributed by atoms with Gasteiger partial charge in [-0.1, -0.05) is 12.1 Å². The summed E-state index contributed by atoms with van der Waals surface area (Å²) in [5.41, 5.74) is 2.19. The van der Waals surface area contributed by atoms with E-state index < -0.39 is 11.9 Å². The van der Waals surface area contributed by atoms with Crippen molar-refractivity contribution in [1.82, 2.24) is 4.98 Å². The molecule has 118 valence electrons. The second kappa shape index (κ2) is 6.18. The van der Waals surface area contributed by atoms with Crippen molar-refractivity contribution in [3.8, 4) is 0 Å². The number of hydrogen-bond acceptors (Lipinski definition) is 4. The average molecular weight is 314 g/mol. The number of aliphatic hydroxyl groups excluding tert-OH is 1. The fourth-order valence-electron chi connectivity index (χ4n) is 2.34. The van der Waals surface area contributed by atoms with Crippen LogP contribution < -0.4 is 5.32 Å². The number of halogens is 1. The number of benzene rings is 2. The van der Waals surface area contributed by atoms with Crippen molar-refractivity contribution in [3.63, 3.8) is 0 Å². The standard InChI is InChI=1S/C17H15FN2O3/c1-10-19-14-6-5-13(8-16(14)23-10)20-17(22)9-15(21)11-3-2-4-12(18)7-11/h2-8,15,21H,9H2,1H3,(H,20,22). The Labute approximate surface area is 131 Å². The number of nitrogens with zero attached hydrogens (tertiary/aromatic N) is 1. The van der Waals surface area contributed by atoms with E-state index in [2.05, 4.69) is 10.3 Å². The Kier molecular flexibility index (Phi) is 4.08. The third-order valence-corrected chi connectivity index (χ3v) is 3.39. The SMILES string of the molecule is Cc1nc2ccc(NC(=O)CC(O)c3cccc(F)c3)cc2o1. The summed E-state index contributed by atoms with van der Waals surface area (Å²) in [6.45, 7) is 1.74. The fraction of sp³-hybridized carbons (Fsp3) is 0.176. The third kappa shape index (κ3) is 3.54. The van der Waals surface area contributed by atoms with Crippen molar-refractivity contribution < 1.29 is 18.7 Å². The number of aliphatic hydroxyl groups is 1. The molecule has 0 spiro atoms. The minimum atomic E-state index is -1.07. The lowest BCUT2D eigenvalue weighted by Gasteiger charge is -2.11. The first kappa shape index (κ1) is 15.2. The number of aromatic nitrogens is 1. The molecule has 0 radical (unpaired) electrons. The van der Waals surface area contributed by atoms with Crippen LogP contribution >= 0.6 is 0 Å². The molecule has 0 aliphatic carbocycles. The summed E-state index contributed by atoms with van der Waals surface area (Å²) in [6.07, 6.45) is -1.24. The van der Waals surface area contributed by atoms with Gasteiger partial charge in [-0.2, -0.15) is 0 Å². The van der Waals surface area contributed by atoms with Crippen LogP contribution in [0.25, 0.3) is 11.1 Å². The van der Waals surface area contributed by atoms with E-state index in [9.17, 15) is 14.3 Å². The first-order chi connectivity index (χ1) is 11.0. The summed E-state index contributed by atoms with van der Waals surface area (Å²) in [7, 11) is 0. The molecule has 0 aliphatic heterocycles. The molecule has 3 rings (SSSR count). The minimum Gasteiger partial charge on any atom is -0.441 e. The van der Waals surface area contributed by atoms with Crippen LogP contribution in [0.15, 0.2) is 46.9 Å². The van der Waals surface area contributed by atoms with Crippen molar-refractivity contribution in [2.24, 2.45) is 0 Å². The maximum atomic E-state index is 13.1. The number of fused-ring (bicyclic) bond motifs is 1. The van der Waals surface area contributed by atoms with E-state index in [1.807, 2.05) is 0 Å². The minimum absolute atomic E-state index is 0.170. The van der Waals surface area contributed by atoms with E-state index in [0.29, 0.717) is 28.2 Å². The number of oxazole rings is 1. The van der Waals surface area contributed by atoms with Crippen LogP contribution in [0.1, 0.15) is 24.0 Å². The van der Waals surface area contributed by atoms with E-state index >= 15 is 0 Å². The molecule has 1 heterocycles. The van der Waals surface area contributed by atoms with Gasteiger partial charge in [-0.05, 0) is 29.8 Å². The highest BCUT2D eigenvalue weighted by molar-refractivity contribution is 5.93. The first-order valence-corrected chi connectivity index (χ1v) is 7.12. The molecule has 2 aromatic carbocycles. The smallest absolute Gasteiger partial charge is 0.227 e. The van der Waals surface area contributed by atoms with Gasteiger partial charge in [0.25, 0.3) is 0 Å². The molecule has 0 saturated heterocycles. The molecule has 2 N–H and O–H groups in total. The van der Waals surface area contributed by atoms with E-state index in [-0.39, 0.29) is 12.3 Å². The number of carbonyl (C=O) groups excluding carboxylic acids is 1. The molecule has 0 bridgehead atoms. The van der Waals surface area contributed by atoms with Crippen LogP contribution in [0, 0.1) is 12.7 Å². The Morgan fingerprint density at radius 1 is 1.35 bits per heavy atom. The van der Waals surface area contributed by atoms with Crippen molar-refractivity contribution in [2.75, 3.05) is 5.32 Å². The van der Waals surface area contributed by atoms with Crippen LogP contribution in [0.3, 0.4) is 0 Å². The highest BCUT2D eigenvalue weighted by atomic mass is 19.1. The molecule has 6 heteroatoms. The zero-order valence-electron chi connectivity index (χ0n) is 12.4. The first-order valence-electron chi connectivity index (χ1n) is 7.12. The van der Waals surface area contributed by atoms with Gasteiger partial charge in [-0.15, -0.1) is 0 Å². The summed E-state index contributed by atoms with van der Waals surface area (Å²) in [5.74, 6) is -0.282. The maximum Gasteiger partial charge on any atom is 0.227 e. The van der Waals surface area contributed by atoms with Crippen LogP contribution in [-0.2, 0) is 4.79 Å². The van der Waals surface area contributed by atoms with Crippen LogP contribution in [0.2, 0.25) is 0 Å². The highest BCUT2D eigenvalue weighted by Gasteiger charge is 2.14. The van der Waals surface area contributed by atoms with Gasteiger partial charge < -0.3 is 14.8 Å². The number of amides is 1. The quantitative estimate of drug-likeness (QED) is 0.774. The van der Waals surface area contributed by atoms with Crippen molar-refractivity contribution >= 4 is 22.7 Å². The predicted octanol–water partition coefficient (Wildman–Crippen LogP) is 3.34. The maximum absolute atomic E-state index is 13.1. The van der Waals surface area contributed by atoms with Crippen molar-refractivity contribution in [2.45, 2.75) is 19.4 Å². The Morgan fingerprint density at radius 2 is 2.17 bits per heavy atom. The lowest BCUT2D eigenvalue weighted by atomic mass is 10.1. The average Bonchev–Trinajstić information content (AvgIpc) is 2.86. The second-order valence-corrected chi connectivity index (χ2v) is 5.24. The molecule has 23 heavy (non-hydrogen) atoms. The van der Waals surface area contributed by atoms with Crippen molar-refractivity contribution in [1.29, 1.82) is 0 Å². The Morgan fingerprint density at radius 3 is 2.96 bits per heavy atom. The molecule has 1 amide bonds. The Bertz CT molecular complexity index is 860. The van der Waals surface area contributed by atoms with Crippen LogP contribution in [0.5, 0.6) is 0 Å². The normalized spacial score (nSPS) is 12.3. The molecule has 5 nitrogen and oxygen atoms in total. The molecule has 0 saturated carbocycles. The van der Waals surface area contributed by atoms with E-state index in [4.69, 9.17) is 4.42 Å². The lowest BCUT2D eigenvalue weighted by molar-refractivity contribution is -0.118. The monoisotopic (exact) mass is 314 g/mol. The van der Waals surface area contributed by atoms with Gasteiger partial charge in [0.1, 0.15) is 11.3 Å². The molecular formula is C17H15FN2O3. The number of rotatable bonds is 4. The van der Waals surface area contributed by atoms with Gasteiger partial charge in [0.2, 0.25) is 5.91 Å². The molecule has 3 aromatic rings. The second-order valence-electron chi connectivity index (χ2n) is 5.24. The van der Waals surface area contributed by atoms with Crippen LogP contribution in [-0.4, -0.2) is 16.0 Å². The summed E-state index contributed by atoms with van der Waals surface area (Å²) in [4.78, 5) is 16.2. The van der Waals surface area contributed by atoms with E-state index in [0.717, 1.165) is 0 Å². The zero-order valence-corrected chi connectivity index (χ0v) is 12.4. The van der Waals surface area contributed by atoms with E-state index in [1.54, 1.807) is 31.2 Å². The fourth-order valence-corrected chi connectivity index (χ4v) is 2.34. The van der Waals surface area contributed by atoms with Crippen LogP contribution in [0.4, 0.5) is 10.1 Å². The summed E-state index contributed by atoms with van der Waals surface area (Å²) in [5, 5.41) is 12.7.